The Labute approximate surface area is 73.9 Å². The SMILES string of the molecule is CCC(=O)N1CCC2CCC1C2. The third-order valence-corrected chi connectivity index (χ3v) is 3.36. The minimum Gasteiger partial charge on any atom is -0.340 e. The molecular formula is C10H17NO. The monoisotopic (exact) mass is 167 g/mol. The van der Waals surface area contributed by atoms with Gasteiger partial charge in [-0.3, -0.25) is 4.79 Å². The molecule has 1 aliphatic heterocycles. The Balaban J connectivity index is 2.02. The zero-order valence-electron chi connectivity index (χ0n) is 7.75. The van der Waals surface area contributed by atoms with Crippen LogP contribution in [-0.2, 0) is 4.79 Å². The van der Waals surface area contributed by atoms with Crippen LogP contribution in [0.3, 0.4) is 0 Å². The van der Waals surface area contributed by atoms with E-state index in [1.165, 1.54) is 25.7 Å². The second kappa shape index (κ2) is 3.08. The topological polar surface area (TPSA) is 20.3 Å². The molecule has 2 aliphatic rings. The molecule has 2 fully saturated rings. The van der Waals surface area contributed by atoms with E-state index < -0.39 is 0 Å². The van der Waals surface area contributed by atoms with E-state index in [2.05, 4.69) is 4.90 Å². The quantitative estimate of drug-likeness (QED) is 0.583. The largest absolute Gasteiger partial charge is 0.340 e. The Bertz CT molecular complexity index is 190. The Hall–Kier alpha value is -0.530. The molecule has 0 aromatic heterocycles. The molecule has 0 aromatic rings. The standard InChI is InChI=1S/C10H17NO/c1-2-10(12)11-6-5-8-3-4-9(11)7-8/h8-9H,2-7H2,1H3. The Morgan fingerprint density at radius 1 is 1.42 bits per heavy atom. The number of nitrogens with zero attached hydrogens (tertiary/aromatic N) is 1. The minimum atomic E-state index is 0.361. The number of amides is 1. The first kappa shape index (κ1) is 8.09. The predicted octanol–water partition coefficient (Wildman–Crippen LogP) is 1.80. The first-order valence-electron chi connectivity index (χ1n) is 5.10. The first-order chi connectivity index (χ1) is 5.81. The van der Waals surface area contributed by atoms with Gasteiger partial charge in [-0.2, -0.15) is 0 Å². The maximum atomic E-state index is 11.5. The molecule has 0 N–H and O–H groups in total. The number of hydrogen-bond donors (Lipinski definition) is 0. The summed E-state index contributed by atoms with van der Waals surface area (Å²) in [5.41, 5.74) is 0. The normalized spacial score (nSPS) is 33.9. The van der Waals surface area contributed by atoms with Gasteiger partial charge in [0.2, 0.25) is 5.91 Å². The summed E-state index contributed by atoms with van der Waals surface area (Å²) in [7, 11) is 0. The molecule has 2 rings (SSSR count). The third kappa shape index (κ3) is 1.23. The molecule has 12 heavy (non-hydrogen) atoms. The number of hydrogen-bond acceptors (Lipinski definition) is 1. The highest BCUT2D eigenvalue weighted by Crippen LogP contribution is 2.36. The van der Waals surface area contributed by atoms with Gasteiger partial charge in [0, 0.05) is 19.0 Å². The summed E-state index contributed by atoms with van der Waals surface area (Å²) in [6.45, 7) is 2.99. The fourth-order valence-electron chi connectivity index (χ4n) is 2.63. The lowest BCUT2D eigenvalue weighted by atomic mass is 9.99. The summed E-state index contributed by atoms with van der Waals surface area (Å²) < 4.78 is 0. The van der Waals surface area contributed by atoms with Crippen molar-refractivity contribution >= 4 is 5.91 Å². The van der Waals surface area contributed by atoms with Crippen molar-refractivity contribution in [3.05, 3.63) is 0 Å². The van der Waals surface area contributed by atoms with E-state index in [9.17, 15) is 4.79 Å². The molecular weight excluding hydrogens is 150 g/mol. The average Bonchev–Trinajstić information content (AvgIpc) is 2.47. The van der Waals surface area contributed by atoms with Crippen LogP contribution in [0.25, 0.3) is 0 Å². The molecule has 1 saturated heterocycles. The molecule has 2 unspecified atom stereocenters. The zero-order valence-corrected chi connectivity index (χ0v) is 7.75. The summed E-state index contributed by atoms with van der Waals surface area (Å²) in [6.07, 6.45) is 5.84. The van der Waals surface area contributed by atoms with Crippen LogP contribution in [-0.4, -0.2) is 23.4 Å². The predicted molar refractivity (Wildman–Crippen MR) is 47.8 cm³/mol. The number of fused-ring (bicyclic) bond motifs is 2. The first-order valence-corrected chi connectivity index (χ1v) is 5.10. The van der Waals surface area contributed by atoms with Crippen LogP contribution >= 0.6 is 0 Å². The van der Waals surface area contributed by atoms with Gasteiger partial charge in [-0.25, -0.2) is 0 Å². The van der Waals surface area contributed by atoms with Crippen LogP contribution in [0, 0.1) is 5.92 Å². The maximum absolute atomic E-state index is 11.5. The highest BCUT2D eigenvalue weighted by Gasteiger charge is 2.35. The van der Waals surface area contributed by atoms with E-state index in [-0.39, 0.29) is 0 Å². The van der Waals surface area contributed by atoms with Crippen LogP contribution in [0.15, 0.2) is 0 Å². The molecule has 2 nitrogen and oxygen atoms in total. The van der Waals surface area contributed by atoms with Gasteiger partial charge in [0.05, 0.1) is 0 Å². The molecule has 2 heteroatoms. The highest BCUT2D eigenvalue weighted by atomic mass is 16.2. The Morgan fingerprint density at radius 3 is 3.00 bits per heavy atom. The second-order valence-electron chi connectivity index (χ2n) is 4.06. The number of likely N-dealkylation sites (tertiary alicyclic amines) is 1. The summed E-state index contributed by atoms with van der Waals surface area (Å²) in [5, 5.41) is 0. The van der Waals surface area contributed by atoms with Gasteiger partial charge in [0.25, 0.3) is 0 Å². The van der Waals surface area contributed by atoms with Crippen molar-refractivity contribution in [2.24, 2.45) is 5.92 Å². The van der Waals surface area contributed by atoms with Crippen molar-refractivity contribution in [3.63, 3.8) is 0 Å². The number of piperidine rings is 1. The van der Waals surface area contributed by atoms with E-state index >= 15 is 0 Å². The van der Waals surface area contributed by atoms with Crippen LogP contribution in [0.1, 0.15) is 39.0 Å². The van der Waals surface area contributed by atoms with E-state index in [0.29, 0.717) is 18.4 Å². The fraction of sp³-hybridized carbons (Fsp3) is 0.900. The van der Waals surface area contributed by atoms with Crippen molar-refractivity contribution in [1.82, 2.24) is 4.90 Å². The summed E-state index contributed by atoms with van der Waals surface area (Å²) in [6, 6.07) is 0.608. The van der Waals surface area contributed by atoms with Gasteiger partial charge in [0.15, 0.2) is 0 Å². The lowest BCUT2D eigenvalue weighted by Gasteiger charge is -2.33. The Morgan fingerprint density at radius 2 is 2.25 bits per heavy atom. The van der Waals surface area contributed by atoms with Crippen molar-refractivity contribution in [2.45, 2.75) is 45.1 Å². The van der Waals surface area contributed by atoms with Gasteiger partial charge in [0.1, 0.15) is 0 Å². The number of carbonyl (C=O) groups excluding carboxylic acids is 1. The van der Waals surface area contributed by atoms with Crippen molar-refractivity contribution in [2.75, 3.05) is 6.54 Å². The number of carbonyl (C=O) groups is 1. The van der Waals surface area contributed by atoms with Crippen molar-refractivity contribution < 1.29 is 4.79 Å². The Kier molecular flexibility index (Phi) is 2.07. The van der Waals surface area contributed by atoms with Crippen LogP contribution < -0.4 is 0 Å². The summed E-state index contributed by atoms with van der Waals surface area (Å²) >= 11 is 0. The lowest BCUT2D eigenvalue weighted by molar-refractivity contribution is -0.134. The van der Waals surface area contributed by atoms with Gasteiger partial charge < -0.3 is 4.90 Å². The fourth-order valence-corrected chi connectivity index (χ4v) is 2.63. The molecule has 1 amide bonds. The second-order valence-corrected chi connectivity index (χ2v) is 4.06. The van der Waals surface area contributed by atoms with E-state index in [1.54, 1.807) is 0 Å². The molecule has 1 heterocycles. The molecule has 0 spiro atoms. The van der Waals surface area contributed by atoms with Gasteiger partial charge in [-0.05, 0) is 31.6 Å². The molecule has 2 atom stereocenters. The zero-order chi connectivity index (χ0) is 8.55. The maximum Gasteiger partial charge on any atom is 0.222 e. The van der Waals surface area contributed by atoms with Gasteiger partial charge in [-0.1, -0.05) is 6.92 Å². The molecule has 2 bridgehead atoms. The van der Waals surface area contributed by atoms with Crippen LogP contribution in [0.5, 0.6) is 0 Å². The van der Waals surface area contributed by atoms with E-state index in [4.69, 9.17) is 0 Å². The van der Waals surface area contributed by atoms with E-state index in [0.717, 1.165) is 12.5 Å². The van der Waals surface area contributed by atoms with E-state index in [1.807, 2.05) is 6.92 Å². The minimum absolute atomic E-state index is 0.361. The molecule has 0 aromatic carbocycles. The molecule has 68 valence electrons. The smallest absolute Gasteiger partial charge is 0.222 e. The molecule has 1 saturated carbocycles. The summed E-state index contributed by atoms with van der Waals surface area (Å²) in [4.78, 5) is 13.6. The van der Waals surface area contributed by atoms with Crippen LogP contribution in [0.4, 0.5) is 0 Å². The molecule has 1 aliphatic carbocycles. The molecule has 0 radical (unpaired) electrons. The van der Waals surface area contributed by atoms with Crippen LogP contribution in [0.2, 0.25) is 0 Å². The van der Waals surface area contributed by atoms with Crippen molar-refractivity contribution in [3.8, 4) is 0 Å². The lowest BCUT2D eigenvalue weighted by Crippen LogP contribution is -2.42. The summed E-state index contributed by atoms with van der Waals surface area (Å²) in [5.74, 6) is 1.30. The van der Waals surface area contributed by atoms with Gasteiger partial charge in [-0.15, -0.1) is 0 Å². The van der Waals surface area contributed by atoms with Crippen molar-refractivity contribution in [1.29, 1.82) is 0 Å². The highest BCUT2D eigenvalue weighted by molar-refractivity contribution is 5.76. The van der Waals surface area contributed by atoms with Gasteiger partial charge >= 0.3 is 0 Å². The number of rotatable bonds is 1. The average molecular weight is 167 g/mol. The third-order valence-electron chi connectivity index (χ3n) is 3.36.